The van der Waals surface area contributed by atoms with Gasteiger partial charge < -0.3 is 20.1 Å². The van der Waals surface area contributed by atoms with Crippen LogP contribution in [0.3, 0.4) is 0 Å². The van der Waals surface area contributed by atoms with Gasteiger partial charge in [-0.2, -0.15) is 4.98 Å². The quantitative estimate of drug-likeness (QED) is 0.710. The van der Waals surface area contributed by atoms with Crippen molar-refractivity contribution in [2.75, 3.05) is 23.8 Å². The molecule has 1 aliphatic carbocycles. The van der Waals surface area contributed by atoms with Gasteiger partial charge in [0, 0.05) is 29.4 Å². The maximum atomic E-state index is 5.67. The highest BCUT2D eigenvalue weighted by molar-refractivity contribution is 5.68. The van der Waals surface area contributed by atoms with Crippen LogP contribution in [0.15, 0.2) is 54.6 Å². The van der Waals surface area contributed by atoms with Crippen molar-refractivity contribution < 1.29 is 9.47 Å². The van der Waals surface area contributed by atoms with Gasteiger partial charge in [-0.05, 0) is 25.0 Å². The van der Waals surface area contributed by atoms with E-state index in [1.165, 1.54) is 12.8 Å². The third-order valence-corrected chi connectivity index (χ3v) is 4.52. The van der Waals surface area contributed by atoms with E-state index >= 15 is 0 Å². The van der Waals surface area contributed by atoms with Crippen LogP contribution in [0.25, 0.3) is 11.3 Å². The molecule has 2 aromatic carbocycles. The van der Waals surface area contributed by atoms with E-state index in [0.29, 0.717) is 25.2 Å². The maximum Gasteiger partial charge on any atom is 0.225 e. The summed E-state index contributed by atoms with van der Waals surface area (Å²) in [5, 5.41) is 6.77. The Kier molecular flexibility index (Phi) is 4.01. The normalized spacial score (nSPS) is 15.3. The molecule has 27 heavy (non-hydrogen) atoms. The Bertz CT molecular complexity index is 958. The number of benzene rings is 2. The number of fused-ring (bicyclic) bond motifs is 1. The van der Waals surface area contributed by atoms with Crippen LogP contribution in [-0.4, -0.2) is 29.2 Å². The van der Waals surface area contributed by atoms with Gasteiger partial charge in [0.05, 0.1) is 5.69 Å². The van der Waals surface area contributed by atoms with Crippen molar-refractivity contribution in [1.82, 2.24) is 9.97 Å². The highest BCUT2D eigenvalue weighted by Crippen LogP contribution is 2.34. The molecule has 6 heteroatoms. The number of nitrogens with one attached hydrogen (secondary N) is 2. The maximum absolute atomic E-state index is 5.67. The lowest BCUT2D eigenvalue weighted by Crippen LogP contribution is -2.15. The number of ether oxygens (including phenoxy) is 2. The average molecular weight is 360 g/mol. The van der Waals surface area contributed by atoms with Crippen LogP contribution in [0, 0.1) is 0 Å². The van der Waals surface area contributed by atoms with Crippen molar-refractivity contribution >= 4 is 17.5 Å². The van der Waals surface area contributed by atoms with Gasteiger partial charge >= 0.3 is 0 Å². The van der Waals surface area contributed by atoms with Crippen LogP contribution in [0.4, 0.5) is 17.5 Å². The summed E-state index contributed by atoms with van der Waals surface area (Å²) < 4.78 is 11.3. The van der Waals surface area contributed by atoms with Gasteiger partial charge in [-0.1, -0.05) is 30.3 Å². The van der Waals surface area contributed by atoms with E-state index in [9.17, 15) is 0 Å². The molecular weight excluding hydrogens is 340 g/mol. The fraction of sp³-hybridized carbons (Fsp3) is 0.238. The van der Waals surface area contributed by atoms with Gasteiger partial charge in [-0.15, -0.1) is 0 Å². The van der Waals surface area contributed by atoms with E-state index in [0.717, 1.165) is 34.3 Å². The minimum absolute atomic E-state index is 0.484. The monoisotopic (exact) mass is 360 g/mol. The molecule has 0 unspecified atom stereocenters. The highest BCUT2D eigenvalue weighted by Gasteiger charge is 2.22. The second kappa shape index (κ2) is 6.79. The number of nitrogens with zero attached hydrogens (tertiary/aromatic N) is 2. The van der Waals surface area contributed by atoms with E-state index in [4.69, 9.17) is 9.47 Å². The van der Waals surface area contributed by atoms with Gasteiger partial charge in [0.25, 0.3) is 0 Å². The van der Waals surface area contributed by atoms with Crippen LogP contribution in [0.1, 0.15) is 12.8 Å². The zero-order chi connectivity index (χ0) is 18.1. The molecule has 2 aliphatic rings. The van der Waals surface area contributed by atoms with Crippen molar-refractivity contribution in [1.29, 1.82) is 0 Å². The zero-order valence-corrected chi connectivity index (χ0v) is 14.8. The Hall–Kier alpha value is -3.28. The van der Waals surface area contributed by atoms with Gasteiger partial charge in [-0.3, -0.25) is 0 Å². The average Bonchev–Trinajstić information content (AvgIpc) is 3.52. The first-order chi connectivity index (χ1) is 13.3. The molecule has 1 aliphatic heterocycles. The number of hydrogen-bond acceptors (Lipinski definition) is 6. The van der Waals surface area contributed by atoms with Crippen molar-refractivity contribution in [2.24, 2.45) is 0 Å². The minimum atomic E-state index is 0.484. The Morgan fingerprint density at radius 2 is 1.67 bits per heavy atom. The fourth-order valence-electron chi connectivity index (χ4n) is 3.01. The Labute approximate surface area is 157 Å². The number of anilines is 3. The number of hydrogen-bond donors (Lipinski definition) is 2. The van der Waals surface area contributed by atoms with Gasteiger partial charge in [0.2, 0.25) is 5.95 Å². The smallest absolute Gasteiger partial charge is 0.225 e. The second-order valence-electron chi connectivity index (χ2n) is 6.73. The molecule has 2 N–H and O–H groups in total. The third kappa shape index (κ3) is 3.65. The predicted molar refractivity (Wildman–Crippen MR) is 105 cm³/mol. The van der Waals surface area contributed by atoms with E-state index < -0.39 is 0 Å². The summed E-state index contributed by atoms with van der Waals surface area (Å²) >= 11 is 0. The molecule has 0 bridgehead atoms. The van der Waals surface area contributed by atoms with Crippen LogP contribution in [-0.2, 0) is 0 Å². The van der Waals surface area contributed by atoms with Crippen LogP contribution in [0.5, 0.6) is 11.5 Å². The van der Waals surface area contributed by atoms with E-state index in [1.807, 2.05) is 42.5 Å². The van der Waals surface area contributed by atoms with E-state index in [1.54, 1.807) is 0 Å². The lowest BCUT2D eigenvalue weighted by atomic mass is 10.1. The van der Waals surface area contributed by atoms with Crippen LogP contribution < -0.4 is 20.1 Å². The van der Waals surface area contributed by atoms with Crippen molar-refractivity contribution in [2.45, 2.75) is 18.9 Å². The summed E-state index contributed by atoms with van der Waals surface area (Å²) in [6.07, 6.45) is 2.34. The predicted octanol–water partition coefficient (Wildman–Crippen LogP) is 4.23. The highest BCUT2D eigenvalue weighted by atomic mass is 16.6. The summed E-state index contributed by atoms with van der Waals surface area (Å²) in [4.78, 5) is 9.33. The van der Waals surface area contributed by atoms with Crippen LogP contribution >= 0.6 is 0 Å². The summed E-state index contributed by atoms with van der Waals surface area (Å²) in [7, 11) is 0. The first kappa shape index (κ1) is 15.9. The third-order valence-electron chi connectivity index (χ3n) is 4.52. The largest absolute Gasteiger partial charge is 0.486 e. The molecule has 0 radical (unpaired) electrons. The molecule has 1 saturated carbocycles. The van der Waals surface area contributed by atoms with Crippen molar-refractivity contribution in [3.8, 4) is 22.8 Å². The molecule has 5 rings (SSSR count). The minimum Gasteiger partial charge on any atom is -0.486 e. The first-order valence-electron chi connectivity index (χ1n) is 9.21. The Balaban J connectivity index is 1.47. The number of rotatable bonds is 5. The van der Waals surface area contributed by atoms with Crippen LogP contribution in [0.2, 0.25) is 0 Å². The van der Waals surface area contributed by atoms with Gasteiger partial charge in [-0.25, -0.2) is 4.98 Å². The molecule has 2 heterocycles. The lowest BCUT2D eigenvalue weighted by molar-refractivity contribution is 0.171. The molecule has 3 aromatic rings. The standard InChI is InChI=1S/C21H20N4O2/c1-2-4-14(5-3-1)17-13-20(25-21(24-17)23-15-6-7-15)22-16-8-9-18-19(12-16)27-11-10-26-18/h1-5,8-9,12-13,15H,6-7,10-11H2,(H2,22,23,24,25). The molecule has 0 saturated heterocycles. The molecule has 0 amide bonds. The summed E-state index contributed by atoms with van der Waals surface area (Å²) in [5.74, 6) is 2.91. The van der Waals surface area contributed by atoms with Gasteiger partial charge in [0.1, 0.15) is 19.0 Å². The number of aromatic nitrogens is 2. The van der Waals surface area contributed by atoms with Crippen molar-refractivity contribution in [3.05, 3.63) is 54.6 Å². The lowest BCUT2D eigenvalue weighted by Gasteiger charge is -2.19. The second-order valence-corrected chi connectivity index (χ2v) is 6.73. The Morgan fingerprint density at radius 1 is 0.852 bits per heavy atom. The molecule has 0 atom stereocenters. The summed E-state index contributed by atoms with van der Waals surface area (Å²) in [5.41, 5.74) is 2.84. The van der Waals surface area contributed by atoms with E-state index in [2.05, 4.69) is 32.7 Å². The van der Waals surface area contributed by atoms with Gasteiger partial charge in [0.15, 0.2) is 11.5 Å². The molecule has 6 nitrogen and oxygen atoms in total. The molecule has 0 spiro atoms. The van der Waals surface area contributed by atoms with Crippen molar-refractivity contribution in [3.63, 3.8) is 0 Å². The Morgan fingerprint density at radius 3 is 2.48 bits per heavy atom. The summed E-state index contributed by atoms with van der Waals surface area (Å²) in [6.45, 7) is 1.15. The van der Waals surface area contributed by atoms with E-state index in [-0.39, 0.29) is 0 Å². The molecule has 1 aromatic heterocycles. The summed E-state index contributed by atoms with van der Waals surface area (Å²) in [6, 6.07) is 18.4. The molecule has 136 valence electrons. The molecule has 1 fully saturated rings. The topological polar surface area (TPSA) is 68.3 Å². The fourth-order valence-corrected chi connectivity index (χ4v) is 3.01. The SMILES string of the molecule is c1ccc(-c2cc(Nc3ccc4c(c3)OCCO4)nc(NC3CC3)n2)cc1. The molecular formula is C21H20N4O2. The first-order valence-corrected chi connectivity index (χ1v) is 9.21. The zero-order valence-electron chi connectivity index (χ0n) is 14.8.